The molecule has 6 nitrogen and oxygen atoms in total. The Morgan fingerprint density at radius 1 is 1.30 bits per heavy atom. The van der Waals surface area contributed by atoms with Gasteiger partial charge in [0.25, 0.3) is 0 Å². The van der Waals surface area contributed by atoms with Crippen molar-refractivity contribution < 1.29 is 9.53 Å². The van der Waals surface area contributed by atoms with Gasteiger partial charge in [-0.2, -0.15) is 5.10 Å². The quantitative estimate of drug-likeness (QED) is 0.680. The van der Waals surface area contributed by atoms with Gasteiger partial charge in [-0.3, -0.25) is 0 Å². The van der Waals surface area contributed by atoms with E-state index in [0.29, 0.717) is 12.1 Å². The molecule has 3 rings (SSSR count). The van der Waals surface area contributed by atoms with Crippen molar-refractivity contribution in [3.8, 4) is 5.69 Å². The van der Waals surface area contributed by atoms with Crippen LogP contribution in [0.4, 0.5) is 0 Å². The number of rotatable bonds is 5. The van der Waals surface area contributed by atoms with Crippen LogP contribution in [-0.2, 0) is 11.3 Å². The number of hydrogen-bond acceptors (Lipinski definition) is 4. The molecular weight excluding hydrogens is 292 g/mol. The summed E-state index contributed by atoms with van der Waals surface area (Å²) in [4.78, 5) is 16.4. The van der Waals surface area contributed by atoms with Gasteiger partial charge >= 0.3 is 5.97 Å². The van der Waals surface area contributed by atoms with Crippen LogP contribution in [0, 0.1) is 6.92 Å². The third kappa shape index (κ3) is 3.48. The second kappa shape index (κ2) is 6.48. The first-order chi connectivity index (χ1) is 11.1. The predicted molar refractivity (Wildman–Crippen MR) is 85.4 cm³/mol. The van der Waals surface area contributed by atoms with Gasteiger partial charge in [-0.15, -0.1) is 0 Å². The van der Waals surface area contributed by atoms with Gasteiger partial charge in [0, 0.05) is 18.6 Å². The first-order valence-corrected chi connectivity index (χ1v) is 7.42. The molecule has 2 heterocycles. The molecule has 0 spiro atoms. The van der Waals surface area contributed by atoms with Gasteiger partial charge in [-0.1, -0.05) is 18.2 Å². The lowest BCUT2D eigenvalue weighted by Gasteiger charge is -2.14. The molecule has 0 N–H and O–H groups in total. The molecular formula is C17H18N4O2. The number of benzene rings is 1. The van der Waals surface area contributed by atoms with Crippen molar-refractivity contribution in [3.63, 3.8) is 0 Å². The van der Waals surface area contributed by atoms with E-state index in [4.69, 9.17) is 4.74 Å². The fourth-order valence-corrected chi connectivity index (χ4v) is 2.31. The van der Waals surface area contributed by atoms with Gasteiger partial charge in [-0.05, 0) is 26.0 Å². The number of esters is 1. The highest BCUT2D eigenvalue weighted by atomic mass is 16.5. The minimum Gasteiger partial charge on any atom is -0.457 e. The Bertz CT molecular complexity index is 792. The molecule has 1 aromatic carbocycles. The Labute approximate surface area is 134 Å². The van der Waals surface area contributed by atoms with Crippen LogP contribution in [-0.4, -0.2) is 31.4 Å². The molecule has 0 amide bonds. The standard InChI is InChI=1S/C17H18N4O2/c1-13(11-20-9-8-18-14(20)2)23-17(22)15-10-19-21(12-15)16-6-4-3-5-7-16/h3-10,12-13H,11H2,1-2H3/t13-/m0/s1. The zero-order chi connectivity index (χ0) is 16.2. The SMILES string of the molecule is Cc1nccn1C[C@H](C)OC(=O)c1cnn(-c2ccccc2)c1. The molecule has 0 saturated carbocycles. The Morgan fingerprint density at radius 2 is 2.09 bits per heavy atom. The number of aromatic nitrogens is 4. The van der Waals surface area contributed by atoms with E-state index in [0.717, 1.165) is 11.5 Å². The van der Waals surface area contributed by atoms with E-state index in [2.05, 4.69) is 10.1 Å². The van der Waals surface area contributed by atoms with Crippen LogP contribution in [0.2, 0.25) is 0 Å². The second-order valence-corrected chi connectivity index (χ2v) is 5.35. The molecule has 23 heavy (non-hydrogen) atoms. The van der Waals surface area contributed by atoms with E-state index < -0.39 is 0 Å². The lowest BCUT2D eigenvalue weighted by molar-refractivity contribution is 0.0305. The van der Waals surface area contributed by atoms with E-state index in [9.17, 15) is 4.79 Å². The van der Waals surface area contributed by atoms with Gasteiger partial charge in [0.15, 0.2) is 0 Å². The molecule has 0 unspecified atom stereocenters. The average Bonchev–Trinajstić information content (AvgIpc) is 3.18. The number of carbonyl (C=O) groups is 1. The summed E-state index contributed by atoms with van der Waals surface area (Å²) >= 11 is 0. The second-order valence-electron chi connectivity index (χ2n) is 5.35. The van der Waals surface area contributed by atoms with Crippen LogP contribution < -0.4 is 0 Å². The van der Waals surface area contributed by atoms with Crippen LogP contribution in [0.15, 0.2) is 55.1 Å². The number of para-hydroxylation sites is 1. The van der Waals surface area contributed by atoms with Crippen molar-refractivity contribution in [1.29, 1.82) is 0 Å². The predicted octanol–water partition coefficient (Wildman–Crippen LogP) is 2.62. The van der Waals surface area contributed by atoms with Crippen LogP contribution >= 0.6 is 0 Å². The summed E-state index contributed by atoms with van der Waals surface area (Å²) in [5, 5.41) is 4.21. The molecule has 0 radical (unpaired) electrons. The van der Waals surface area contributed by atoms with Crippen molar-refractivity contribution in [2.24, 2.45) is 0 Å². The number of carbonyl (C=O) groups excluding carboxylic acids is 1. The highest BCUT2D eigenvalue weighted by Gasteiger charge is 2.15. The summed E-state index contributed by atoms with van der Waals surface area (Å²) in [7, 11) is 0. The van der Waals surface area contributed by atoms with E-state index >= 15 is 0 Å². The van der Waals surface area contributed by atoms with Gasteiger partial charge < -0.3 is 9.30 Å². The Morgan fingerprint density at radius 3 is 2.78 bits per heavy atom. The van der Waals surface area contributed by atoms with E-state index in [-0.39, 0.29) is 12.1 Å². The average molecular weight is 310 g/mol. The summed E-state index contributed by atoms with van der Waals surface area (Å²) in [5.41, 5.74) is 1.33. The van der Waals surface area contributed by atoms with Crippen LogP contribution in [0.25, 0.3) is 5.69 Å². The summed E-state index contributed by atoms with van der Waals surface area (Å²) in [6, 6.07) is 9.62. The van der Waals surface area contributed by atoms with Crippen LogP contribution in [0.1, 0.15) is 23.1 Å². The molecule has 0 aliphatic carbocycles. The lowest BCUT2D eigenvalue weighted by Crippen LogP contribution is -2.20. The Hall–Kier alpha value is -2.89. The monoisotopic (exact) mass is 310 g/mol. The van der Waals surface area contributed by atoms with Crippen molar-refractivity contribution in [2.45, 2.75) is 26.5 Å². The molecule has 0 saturated heterocycles. The summed E-state index contributed by atoms with van der Waals surface area (Å²) < 4.78 is 9.08. The van der Waals surface area contributed by atoms with Crippen molar-refractivity contribution in [3.05, 3.63) is 66.5 Å². The number of imidazole rings is 1. The van der Waals surface area contributed by atoms with Crippen molar-refractivity contribution in [2.75, 3.05) is 0 Å². The summed E-state index contributed by atoms with van der Waals surface area (Å²) in [5.74, 6) is 0.516. The van der Waals surface area contributed by atoms with E-state index in [1.165, 1.54) is 6.20 Å². The topological polar surface area (TPSA) is 61.9 Å². The van der Waals surface area contributed by atoms with Crippen molar-refractivity contribution in [1.82, 2.24) is 19.3 Å². The summed E-state index contributed by atoms with van der Waals surface area (Å²) in [6.07, 6.45) is 6.54. The largest absolute Gasteiger partial charge is 0.457 e. The maximum Gasteiger partial charge on any atom is 0.341 e. The number of hydrogen-bond donors (Lipinski definition) is 0. The van der Waals surface area contributed by atoms with Gasteiger partial charge in [0.05, 0.1) is 24.0 Å². The maximum absolute atomic E-state index is 12.2. The Kier molecular flexibility index (Phi) is 4.23. The molecule has 0 bridgehead atoms. The molecule has 1 atom stereocenters. The first-order valence-electron chi connectivity index (χ1n) is 7.42. The van der Waals surface area contributed by atoms with Crippen LogP contribution in [0.5, 0.6) is 0 Å². The fourth-order valence-electron chi connectivity index (χ4n) is 2.31. The third-order valence-corrected chi connectivity index (χ3v) is 3.52. The van der Waals surface area contributed by atoms with Crippen molar-refractivity contribution >= 4 is 5.97 Å². The molecule has 2 aromatic heterocycles. The maximum atomic E-state index is 12.2. The minimum atomic E-state index is -0.377. The van der Waals surface area contributed by atoms with E-state index in [1.807, 2.05) is 54.9 Å². The smallest absolute Gasteiger partial charge is 0.341 e. The molecule has 118 valence electrons. The highest BCUT2D eigenvalue weighted by Crippen LogP contribution is 2.10. The molecule has 6 heteroatoms. The van der Waals surface area contributed by atoms with Crippen LogP contribution in [0.3, 0.4) is 0 Å². The molecule has 0 aliphatic heterocycles. The fraction of sp³-hybridized carbons (Fsp3) is 0.235. The minimum absolute atomic E-state index is 0.254. The molecule has 0 fully saturated rings. The first kappa shape index (κ1) is 15.0. The van der Waals surface area contributed by atoms with E-state index in [1.54, 1.807) is 17.1 Å². The normalized spacial score (nSPS) is 12.1. The lowest BCUT2D eigenvalue weighted by atomic mass is 10.3. The third-order valence-electron chi connectivity index (χ3n) is 3.52. The summed E-state index contributed by atoms with van der Waals surface area (Å²) in [6.45, 7) is 4.35. The van der Waals surface area contributed by atoms with Gasteiger partial charge in [0.1, 0.15) is 11.9 Å². The number of nitrogens with zero attached hydrogens (tertiary/aromatic N) is 4. The zero-order valence-electron chi connectivity index (χ0n) is 13.1. The van der Waals surface area contributed by atoms with Gasteiger partial charge in [-0.25, -0.2) is 14.5 Å². The Balaban J connectivity index is 1.64. The van der Waals surface area contributed by atoms with Gasteiger partial charge in [0.2, 0.25) is 0 Å². The number of ether oxygens (including phenoxy) is 1. The highest BCUT2D eigenvalue weighted by molar-refractivity contribution is 5.89. The zero-order valence-corrected chi connectivity index (χ0v) is 13.1. The molecule has 0 aliphatic rings. The number of aryl methyl sites for hydroxylation is 1. The molecule has 3 aromatic rings.